The van der Waals surface area contributed by atoms with Gasteiger partial charge < -0.3 is 9.30 Å². The molecule has 0 aliphatic heterocycles. The third-order valence-electron chi connectivity index (χ3n) is 4.45. The Labute approximate surface area is 131 Å². The smallest absolute Gasteiger partial charge is 0.165 e. The van der Waals surface area contributed by atoms with Gasteiger partial charge in [-0.3, -0.25) is 4.79 Å². The molecule has 0 radical (unpaired) electrons. The maximum Gasteiger partial charge on any atom is 0.165 e. The Morgan fingerprint density at radius 3 is 2.55 bits per heavy atom. The molecule has 0 amide bonds. The van der Waals surface area contributed by atoms with Crippen molar-refractivity contribution in [1.29, 1.82) is 0 Å². The van der Waals surface area contributed by atoms with Crippen molar-refractivity contribution in [2.24, 2.45) is 5.41 Å². The third-order valence-corrected chi connectivity index (χ3v) is 4.45. The van der Waals surface area contributed by atoms with Gasteiger partial charge in [-0.2, -0.15) is 0 Å². The summed E-state index contributed by atoms with van der Waals surface area (Å²) in [5.41, 5.74) is 5.28. The molecule has 116 valence electrons. The number of aryl methyl sites for hydroxylation is 2. The summed E-state index contributed by atoms with van der Waals surface area (Å²) in [5, 5.41) is 0. The molecule has 0 spiro atoms. The lowest BCUT2D eigenvalue weighted by atomic mass is 9.76. The lowest BCUT2D eigenvalue weighted by Crippen LogP contribution is -2.27. The van der Waals surface area contributed by atoms with E-state index in [1.165, 1.54) is 5.56 Å². The summed E-state index contributed by atoms with van der Waals surface area (Å²) in [6, 6.07) is 8.18. The van der Waals surface area contributed by atoms with Crippen molar-refractivity contribution in [2.45, 2.75) is 40.5 Å². The molecule has 3 rings (SSSR count). The maximum absolute atomic E-state index is 12.5. The summed E-state index contributed by atoms with van der Waals surface area (Å²) in [7, 11) is 1.69. The fourth-order valence-electron chi connectivity index (χ4n) is 3.46. The zero-order chi connectivity index (χ0) is 16.1. The number of Topliss-reactive ketones (excluding diaryl/α,β-unsaturated/α-hetero) is 1. The van der Waals surface area contributed by atoms with Crippen LogP contribution >= 0.6 is 0 Å². The Morgan fingerprint density at radius 2 is 1.86 bits per heavy atom. The first kappa shape index (κ1) is 14.9. The van der Waals surface area contributed by atoms with E-state index in [0.717, 1.165) is 34.8 Å². The van der Waals surface area contributed by atoms with Crippen LogP contribution in [0.5, 0.6) is 5.75 Å². The number of ketones is 1. The third kappa shape index (κ3) is 2.35. The number of rotatable bonds is 2. The van der Waals surface area contributed by atoms with Crippen LogP contribution in [0.2, 0.25) is 0 Å². The molecule has 0 unspecified atom stereocenters. The molecule has 1 aromatic heterocycles. The van der Waals surface area contributed by atoms with Crippen LogP contribution in [0.3, 0.4) is 0 Å². The van der Waals surface area contributed by atoms with Crippen molar-refractivity contribution in [3.63, 3.8) is 0 Å². The second-order valence-corrected chi connectivity index (χ2v) is 7.10. The van der Waals surface area contributed by atoms with Crippen molar-refractivity contribution in [1.82, 2.24) is 4.57 Å². The van der Waals surface area contributed by atoms with E-state index in [1.807, 2.05) is 18.2 Å². The molecule has 3 heteroatoms. The molecule has 0 fully saturated rings. The van der Waals surface area contributed by atoms with Crippen LogP contribution in [0, 0.1) is 19.3 Å². The lowest BCUT2D eigenvalue weighted by molar-refractivity contribution is 0.0911. The van der Waals surface area contributed by atoms with Gasteiger partial charge >= 0.3 is 0 Å². The molecule has 0 bridgehead atoms. The number of methoxy groups -OCH3 is 1. The number of fused-ring (bicyclic) bond motifs is 1. The van der Waals surface area contributed by atoms with Gasteiger partial charge in [0.1, 0.15) is 5.75 Å². The summed E-state index contributed by atoms with van der Waals surface area (Å²) < 4.78 is 7.74. The summed E-state index contributed by atoms with van der Waals surface area (Å²) in [5.74, 6) is 1.09. The molecule has 3 nitrogen and oxygen atoms in total. The number of carbonyl (C=O) groups excluding carboxylic acids is 1. The van der Waals surface area contributed by atoms with Gasteiger partial charge in [-0.1, -0.05) is 19.9 Å². The highest BCUT2D eigenvalue weighted by atomic mass is 16.5. The highest BCUT2D eigenvalue weighted by molar-refractivity contribution is 5.99. The van der Waals surface area contributed by atoms with Crippen LogP contribution in [-0.2, 0) is 6.42 Å². The lowest BCUT2D eigenvalue weighted by Gasteiger charge is -2.30. The molecule has 1 aliphatic carbocycles. The number of hydrogen-bond acceptors (Lipinski definition) is 2. The second-order valence-electron chi connectivity index (χ2n) is 7.10. The van der Waals surface area contributed by atoms with Crippen LogP contribution in [0.25, 0.3) is 5.69 Å². The molecule has 1 heterocycles. The van der Waals surface area contributed by atoms with Crippen LogP contribution < -0.4 is 4.74 Å². The van der Waals surface area contributed by atoms with Gasteiger partial charge in [0, 0.05) is 23.4 Å². The normalized spacial score (nSPS) is 16.5. The molecule has 0 saturated carbocycles. The van der Waals surface area contributed by atoms with Crippen LogP contribution in [0.1, 0.15) is 47.6 Å². The molecule has 2 aromatic rings. The van der Waals surface area contributed by atoms with Gasteiger partial charge in [0.15, 0.2) is 5.78 Å². The summed E-state index contributed by atoms with van der Waals surface area (Å²) >= 11 is 0. The first-order valence-electron chi connectivity index (χ1n) is 7.72. The fraction of sp³-hybridized carbons (Fsp3) is 0.421. The fourth-order valence-corrected chi connectivity index (χ4v) is 3.46. The molecule has 0 saturated heterocycles. The summed E-state index contributed by atoms with van der Waals surface area (Å²) in [6.07, 6.45) is 1.52. The Bertz CT molecular complexity index is 753. The van der Waals surface area contributed by atoms with Crippen molar-refractivity contribution >= 4 is 5.78 Å². The van der Waals surface area contributed by atoms with E-state index in [9.17, 15) is 4.79 Å². The average Bonchev–Trinajstić information content (AvgIpc) is 2.74. The van der Waals surface area contributed by atoms with Gasteiger partial charge in [-0.25, -0.2) is 0 Å². The van der Waals surface area contributed by atoms with Crippen molar-refractivity contribution in [2.75, 3.05) is 7.11 Å². The predicted molar refractivity (Wildman–Crippen MR) is 88.2 cm³/mol. The predicted octanol–water partition coefficient (Wildman–Crippen LogP) is 4.26. The number of carbonyl (C=O) groups is 1. The topological polar surface area (TPSA) is 31.2 Å². The highest BCUT2D eigenvalue weighted by Crippen LogP contribution is 2.39. The van der Waals surface area contributed by atoms with Gasteiger partial charge in [-0.05, 0) is 49.4 Å². The van der Waals surface area contributed by atoms with Crippen molar-refractivity contribution < 1.29 is 9.53 Å². The number of aromatic nitrogens is 1. The minimum Gasteiger partial charge on any atom is -0.495 e. The van der Waals surface area contributed by atoms with E-state index < -0.39 is 0 Å². The van der Waals surface area contributed by atoms with Crippen molar-refractivity contribution in [3.05, 3.63) is 46.8 Å². The first-order chi connectivity index (χ1) is 10.3. The van der Waals surface area contributed by atoms with E-state index >= 15 is 0 Å². The monoisotopic (exact) mass is 297 g/mol. The van der Waals surface area contributed by atoms with Crippen LogP contribution in [0.15, 0.2) is 24.3 Å². The maximum atomic E-state index is 12.5. The highest BCUT2D eigenvalue weighted by Gasteiger charge is 2.34. The summed E-state index contributed by atoms with van der Waals surface area (Å²) in [4.78, 5) is 12.5. The Hall–Kier alpha value is -2.03. The van der Waals surface area contributed by atoms with Gasteiger partial charge in [0.05, 0.1) is 12.8 Å². The largest absolute Gasteiger partial charge is 0.495 e. The minimum atomic E-state index is 0.00366. The molecule has 22 heavy (non-hydrogen) atoms. The van der Waals surface area contributed by atoms with E-state index in [2.05, 4.69) is 38.3 Å². The quantitative estimate of drug-likeness (QED) is 0.829. The molecule has 0 atom stereocenters. The SMILES string of the molecule is COc1ccc(C)cc1-n1c(C)cc2c1CC(C)(C)CC2=O. The van der Waals surface area contributed by atoms with E-state index in [1.54, 1.807) is 7.11 Å². The average molecular weight is 297 g/mol. The summed E-state index contributed by atoms with van der Waals surface area (Å²) in [6.45, 7) is 8.45. The zero-order valence-electron chi connectivity index (χ0n) is 14.0. The van der Waals surface area contributed by atoms with Gasteiger partial charge in [-0.15, -0.1) is 0 Å². The Morgan fingerprint density at radius 1 is 1.14 bits per heavy atom. The van der Waals surface area contributed by atoms with Crippen LogP contribution in [-0.4, -0.2) is 17.5 Å². The Kier molecular flexibility index (Phi) is 3.39. The van der Waals surface area contributed by atoms with Crippen LogP contribution in [0.4, 0.5) is 0 Å². The van der Waals surface area contributed by atoms with Gasteiger partial charge in [0.25, 0.3) is 0 Å². The zero-order valence-corrected chi connectivity index (χ0v) is 14.0. The molecule has 0 N–H and O–H groups in total. The molecular weight excluding hydrogens is 274 g/mol. The van der Waals surface area contributed by atoms with Gasteiger partial charge in [0.2, 0.25) is 0 Å². The standard InChI is InChI=1S/C19H23NO2/c1-12-6-7-18(22-5)15(8-12)20-13(2)9-14-16(20)10-19(3,4)11-17(14)21/h6-9H,10-11H2,1-5H3. The van der Waals surface area contributed by atoms with Crippen molar-refractivity contribution in [3.8, 4) is 11.4 Å². The molecular formula is C19H23NO2. The van der Waals surface area contributed by atoms with E-state index in [4.69, 9.17) is 4.74 Å². The number of nitrogens with zero attached hydrogens (tertiary/aromatic N) is 1. The number of benzene rings is 1. The minimum absolute atomic E-state index is 0.00366. The molecule has 1 aliphatic rings. The molecule has 1 aromatic carbocycles. The number of ether oxygens (including phenoxy) is 1. The number of hydrogen-bond donors (Lipinski definition) is 0. The first-order valence-corrected chi connectivity index (χ1v) is 7.72. The van der Waals surface area contributed by atoms with E-state index in [0.29, 0.717) is 6.42 Å². The van der Waals surface area contributed by atoms with E-state index in [-0.39, 0.29) is 11.2 Å². The second kappa shape index (κ2) is 5.01. The Balaban J connectivity index is 2.26.